The van der Waals surface area contributed by atoms with Gasteiger partial charge in [0.15, 0.2) is 0 Å². The number of H-pyrrole nitrogens is 1. The minimum absolute atomic E-state index is 0.351. The molecule has 94 valence electrons. The standard InChI is InChI=1S/C13H12F2N2S/c1-3-11-7(2)16-12(17-13(11)18)8-4-9(14)6-10(15)5-8/h4-6H,3H2,1-2H3,(H,16,17,18). The second-order valence-electron chi connectivity index (χ2n) is 4.01. The van der Waals surface area contributed by atoms with Crippen LogP contribution in [-0.2, 0) is 6.42 Å². The first-order valence-corrected chi connectivity index (χ1v) is 5.98. The zero-order valence-corrected chi connectivity index (χ0v) is 10.9. The minimum Gasteiger partial charge on any atom is -0.343 e. The van der Waals surface area contributed by atoms with Crippen molar-refractivity contribution in [1.82, 2.24) is 9.97 Å². The molecule has 0 radical (unpaired) electrons. The van der Waals surface area contributed by atoms with E-state index in [1.54, 1.807) is 0 Å². The highest BCUT2D eigenvalue weighted by Gasteiger charge is 2.08. The topological polar surface area (TPSA) is 28.7 Å². The third kappa shape index (κ3) is 2.46. The first-order chi connectivity index (χ1) is 8.51. The molecule has 0 aliphatic carbocycles. The molecule has 0 aliphatic heterocycles. The fourth-order valence-corrected chi connectivity index (χ4v) is 2.24. The van der Waals surface area contributed by atoms with Gasteiger partial charge < -0.3 is 4.98 Å². The lowest BCUT2D eigenvalue weighted by molar-refractivity contribution is 0.584. The fraction of sp³-hybridized carbons (Fsp3) is 0.231. The van der Waals surface area contributed by atoms with Gasteiger partial charge in [-0.25, -0.2) is 13.8 Å². The smallest absolute Gasteiger partial charge is 0.139 e. The molecule has 0 atom stereocenters. The monoisotopic (exact) mass is 266 g/mol. The number of nitrogens with one attached hydrogen (secondary N) is 1. The average Bonchev–Trinajstić information content (AvgIpc) is 2.27. The van der Waals surface area contributed by atoms with E-state index in [1.165, 1.54) is 12.1 Å². The fourth-order valence-electron chi connectivity index (χ4n) is 1.85. The van der Waals surface area contributed by atoms with E-state index in [4.69, 9.17) is 12.2 Å². The van der Waals surface area contributed by atoms with Gasteiger partial charge in [-0.1, -0.05) is 19.1 Å². The van der Waals surface area contributed by atoms with E-state index < -0.39 is 11.6 Å². The van der Waals surface area contributed by atoms with E-state index in [-0.39, 0.29) is 0 Å². The van der Waals surface area contributed by atoms with Gasteiger partial charge in [-0.05, 0) is 25.5 Å². The summed E-state index contributed by atoms with van der Waals surface area (Å²) in [5.74, 6) is -0.889. The van der Waals surface area contributed by atoms with Crippen molar-refractivity contribution in [3.63, 3.8) is 0 Å². The van der Waals surface area contributed by atoms with Crippen LogP contribution in [0, 0.1) is 23.2 Å². The lowest BCUT2D eigenvalue weighted by atomic mass is 10.1. The van der Waals surface area contributed by atoms with Gasteiger partial charge in [0.25, 0.3) is 0 Å². The van der Waals surface area contributed by atoms with E-state index in [9.17, 15) is 8.78 Å². The van der Waals surface area contributed by atoms with E-state index in [0.717, 1.165) is 23.7 Å². The maximum absolute atomic E-state index is 13.2. The second-order valence-corrected chi connectivity index (χ2v) is 4.39. The van der Waals surface area contributed by atoms with Crippen molar-refractivity contribution in [1.29, 1.82) is 0 Å². The molecular formula is C13H12F2N2S. The van der Waals surface area contributed by atoms with Crippen molar-refractivity contribution < 1.29 is 8.78 Å². The molecule has 0 aliphatic rings. The van der Waals surface area contributed by atoms with Crippen LogP contribution in [0.15, 0.2) is 18.2 Å². The number of nitrogens with zero attached hydrogens (tertiary/aromatic N) is 1. The molecule has 0 spiro atoms. The van der Waals surface area contributed by atoms with Crippen LogP contribution in [0.5, 0.6) is 0 Å². The normalized spacial score (nSPS) is 10.7. The third-order valence-corrected chi connectivity index (χ3v) is 3.06. The van der Waals surface area contributed by atoms with Gasteiger partial charge in [0.1, 0.15) is 22.1 Å². The van der Waals surface area contributed by atoms with Crippen molar-refractivity contribution in [3.05, 3.63) is 45.7 Å². The summed E-state index contributed by atoms with van der Waals surface area (Å²) in [6.45, 7) is 3.85. The van der Waals surface area contributed by atoms with Crippen LogP contribution in [0.2, 0.25) is 0 Å². The Morgan fingerprint density at radius 1 is 1.22 bits per heavy atom. The molecule has 18 heavy (non-hydrogen) atoms. The molecule has 0 amide bonds. The van der Waals surface area contributed by atoms with Gasteiger partial charge >= 0.3 is 0 Å². The van der Waals surface area contributed by atoms with Gasteiger partial charge in [-0.15, -0.1) is 0 Å². The first kappa shape index (κ1) is 12.8. The summed E-state index contributed by atoms with van der Waals surface area (Å²) >= 11 is 5.17. The van der Waals surface area contributed by atoms with Crippen molar-refractivity contribution in [2.24, 2.45) is 0 Å². The van der Waals surface area contributed by atoms with Gasteiger partial charge in [-0.3, -0.25) is 0 Å². The number of aromatic amines is 1. The predicted octanol–water partition coefficient (Wildman–Crippen LogP) is 3.96. The highest BCUT2D eigenvalue weighted by Crippen LogP contribution is 2.20. The molecule has 0 saturated heterocycles. The van der Waals surface area contributed by atoms with Crippen LogP contribution < -0.4 is 0 Å². The highest BCUT2D eigenvalue weighted by atomic mass is 32.1. The first-order valence-electron chi connectivity index (χ1n) is 5.57. The molecule has 1 heterocycles. The Balaban J connectivity index is 2.61. The number of rotatable bonds is 2. The number of aromatic nitrogens is 2. The van der Waals surface area contributed by atoms with Gasteiger partial charge in [0, 0.05) is 22.9 Å². The van der Waals surface area contributed by atoms with E-state index in [1.807, 2.05) is 13.8 Å². The number of aryl methyl sites for hydroxylation is 1. The Hall–Kier alpha value is -1.62. The SMILES string of the molecule is CCc1c(C)[nH]c(-c2cc(F)cc(F)c2)nc1=S. The summed E-state index contributed by atoms with van der Waals surface area (Å²) in [7, 11) is 0. The molecule has 0 bridgehead atoms. The van der Waals surface area contributed by atoms with Gasteiger partial charge in [0.05, 0.1) is 0 Å². The number of hydrogen-bond donors (Lipinski definition) is 1. The van der Waals surface area contributed by atoms with E-state index in [2.05, 4.69) is 9.97 Å². The lowest BCUT2D eigenvalue weighted by Crippen LogP contribution is -1.99. The zero-order valence-electron chi connectivity index (χ0n) is 10.1. The summed E-state index contributed by atoms with van der Waals surface area (Å²) in [5.41, 5.74) is 2.17. The second kappa shape index (κ2) is 4.94. The number of halogens is 2. The van der Waals surface area contributed by atoms with Crippen LogP contribution in [0.25, 0.3) is 11.4 Å². The van der Waals surface area contributed by atoms with Crippen LogP contribution in [0.4, 0.5) is 8.78 Å². The summed E-state index contributed by atoms with van der Waals surface area (Å²) in [4.78, 5) is 7.21. The maximum Gasteiger partial charge on any atom is 0.139 e. The quantitative estimate of drug-likeness (QED) is 0.834. The van der Waals surface area contributed by atoms with Crippen LogP contribution in [-0.4, -0.2) is 9.97 Å². The van der Waals surface area contributed by atoms with Crippen LogP contribution >= 0.6 is 12.2 Å². The largest absolute Gasteiger partial charge is 0.343 e. The highest BCUT2D eigenvalue weighted by molar-refractivity contribution is 7.71. The zero-order chi connectivity index (χ0) is 13.3. The Morgan fingerprint density at radius 3 is 2.33 bits per heavy atom. The third-order valence-electron chi connectivity index (χ3n) is 2.72. The lowest BCUT2D eigenvalue weighted by Gasteiger charge is -2.07. The van der Waals surface area contributed by atoms with E-state index in [0.29, 0.717) is 16.0 Å². The predicted molar refractivity (Wildman–Crippen MR) is 68.9 cm³/mol. The molecule has 2 aromatic rings. The summed E-state index contributed by atoms with van der Waals surface area (Å²) < 4.78 is 26.8. The van der Waals surface area contributed by atoms with Crippen LogP contribution in [0.3, 0.4) is 0 Å². The van der Waals surface area contributed by atoms with Crippen molar-refractivity contribution in [3.8, 4) is 11.4 Å². The van der Waals surface area contributed by atoms with Crippen molar-refractivity contribution in [2.45, 2.75) is 20.3 Å². The Kier molecular flexibility index (Phi) is 3.52. The van der Waals surface area contributed by atoms with Crippen molar-refractivity contribution >= 4 is 12.2 Å². The molecular weight excluding hydrogens is 254 g/mol. The summed E-state index contributed by atoms with van der Waals surface area (Å²) in [6, 6.07) is 3.27. The van der Waals surface area contributed by atoms with Crippen LogP contribution in [0.1, 0.15) is 18.2 Å². The van der Waals surface area contributed by atoms with Gasteiger partial charge in [-0.2, -0.15) is 0 Å². The maximum atomic E-state index is 13.2. The molecule has 5 heteroatoms. The molecule has 0 fully saturated rings. The Morgan fingerprint density at radius 2 is 1.83 bits per heavy atom. The summed E-state index contributed by atoms with van der Waals surface area (Å²) in [5, 5.41) is 0. The number of hydrogen-bond acceptors (Lipinski definition) is 2. The molecule has 0 unspecified atom stereocenters. The molecule has 0 saturated carbocycles. The molecule has 2 nitrogen and oxygen atoms in total. The van der Waals surface area contributed by atoms with Crippen molar-refractivity contribution in [2.75, 3.05) is 0 Å². The molecule has 1 N–H and O–H groups in total. The Bertz CT molecular complexity index is 630. The van der Waals surface area contributed by atoms with E-state index >= 15 is 0 Å². The molecule has 2 rings (SSSR count). The molecule has 1 aromatic carbocycles. The Labute approximate surface area is 109 Å². The number of benzene rings is 1. The molecule has 1 aromatic heterocycles. The van der Waals surface area contributed by atoms with Gasteiger partial charge in [0.2, 0.25) is 0 Å². The average molecular weight is 266 g/mol. The minimum atomic E-state index is -0.636. The summed E-state index contributed by atoms with van der Waals surface area (Å²) in [6.07, 6.45) is 0.770.